The Labute approximate surface area is 177 Å². The fourth-order valence-corrected chi connectivity index (χ4v) is 3.50. The molecule has 30 heavy (non-hydrogen) atoms. The van der Waals surface area contributed by atoms with E-state index in [2.05, 4.69) is 25.6 Å². The van der Waals surface area contributed by atoms with Gasteiger partial charge in [0.25, 0.3) is 6.01 Å². The molecule has 2 aromatic heterocycles. The van der Waals surface area contributed by atoms with Crippen LogP contribution in [0.1, 0.15) is 31.0 Å². The van der Waals surface area contributed by atoms with Crippen molar-refractivity contribution < 1.29 is 13.9 Å². The Hall–Kier alpha value is -3.10. The van der Waals surface area contributed by atoms with Gasteiger partial charge in [-0.05, 0) is 37.6 Å². The third-order valence-corrected chi connectivity index (χ3v) is 5.34. The summed E-state index contributed by atoms with van der Waals surface area (Å²) >= 11 is 5.93. The maximum Gasteiger partial charge on any atom is 0.294 e. The molecule has 4 rings (SSSR count). The van der Waals surface area contributed by atoms with E-state index in [1.807, 2.05) is 25.1 Å². The number of aliphatic hydroxyl groups excluding tert-OH is 1. The molecule has 7 nitrogen and oxygen atoms in total. The first-order valence-corrected chi connectivity index (χ1v) is 9.76. The zero-order valence-electron chi connectivity index (χ0n) is 16.4. The number of aromatic nitrogens is 3. The van der Waals surface area contributed by atoms with Gasteiger partial charge in [0.1, 0.15) is 12.1 Å². The lowest BCUT2D eigenvalue weighted by molar-refractivity contribution is 0.223. The minimum Gasteiger partial charge on any atom is -0.432 e. The summed E-state index contributed by atoms with van der Waals surface area (Å²) < 4.78 is 18.8. The van der Waals surface area contributed by atoms with Crippen LogP contribution in [0.4, 0.5) is 16.4 Å². The van der Waals surface area contributed by atoms with E-state index in [1.54, 1.807) is 19.2 Å². The number of H-pyrrole nitrogens is 1. The second kappa shape index (κ2) is 7.97. The second-order valence-corrected chi connectivity index (χ2v) is 7.68. The molecule has 156 valence electrons. The molecule has 0 aliphatic carbocycles. The number of rotatable bonds is 7. The van der Waals surface area contributed by atoms with Crippen LogP contribution in [-0.2, 0) is 5.54 Å². The van der Waals surface area contributed by atoms with E-state index in [0.717, 1.165) is 16.6 Å². The van der Waals surface area contributed by atoms with Gasteiger partial charge < -0.3 is 25.1 Å². The molecule has 2 aromatic carbocycles. The number of oxazole rings is 1. The predicted molar refractivity (Wildman–Crippen MR) is 114 cm³/mol. The highest BCUT2D eigenvalue weighted by molar-refractivity contribution is 6.30. The summed E-state index contributed by atoms with van der Waals surface area (Å²) in [6, 6.07) is 10.5. The highest BCUT2D eigenvalue weighted by atomic mass is 35.5. The van der Waals surface area contributed by atoms with Crippen molar-refractivity contribution in [1.29, 1.82) is 0 Å². The van der Waals surface area contributed by atoms with Gasteiger partial charge >= 0.3 is 0 Å². The Bertz CT molecular complexity index is 1160. The monoisotopic (exact) mass is 429 g/mol. The van der Waals surface area contributed by atoms with Crippen molar-refractivity contribution in [3.05, 3.63) is 70.8 Å². The molecule has 0 saturated heterocycles. The molecular formula is C21H21ClFN5O2. The topological polar surface area (TPSA) is 99.0 Å². The van der Waals surface area contributed by atoms with Crippen LogP contribution in [0, 0.1) is 5.82 Å². The van der Waals surface area contributed by atoms with Crippen LogP contribution in [0.15, 0.2) is 53.3 Å². The van der Waals surface area contributed by atoms with Crippen molar-refractivity contribution in [2.24, 2.45) is 0 Å². The van der Waals surface area contributed by atoms with E-state index in [-0.39, 0.29) is 17.7 Å². The number of aliphatic hydroxyl groups is 1. The number of fused-ring (bicyclic) bond motifs is 1. The SMILES string of the molecule is CC(Nc1ncco1)c1cccc2[nH]c(NC(C)(CO)c3ccc(F)c(Cl)c3)nc12. The van der Waals surface area contributed by atoms with Crippen LogP contribution < -0.4 is 10.6 Å². The molecule has 0 amide bonds. The molecule has 0 saturated carbocycles. The van der Waals surface area contributed by atoms with Crippen molar-refractivity contribution in [2.45, 2.75) is 25.4 Å². The summed E-state index contributed by atoms with van der Waals surface area (Å²) in [5, 5.41) is 16.5. The Kier molecular flexibility index (Phi) is 5.36. The third kappa shape index (κ3) is 3.83. The Balaban J connectivity index is 1.65. The first-order valence-electron chi connectivity index (χ1n) is 9.39. The van der Waals surface area contributed by atoms with Crippen LogP contribution in [-0.4, -0.2) is 26.7 Å². The van der Waals surface area contributed by atoms with Gasteiger partial charge in [-0.3, -0.25) is 0 Å². The van der Waals surface area contributed by atoms with Crippen molar-refractivity contribution in [2.75, 3.05) is 17.2 Å². The molecule has 4 aromatic rings. The van der Waals surface area contributed by atoms with Crippen LogP contribution in [0.2, 0.25) is 5.02 Å². The molecule has 2 heterocycles. The standard InChI is InChI=1S/C21H21ClFN5O2/c1-12(25-20-24-8-9-30-20)14-4-3-5-17-18(14)27-19(26-17)28-21(2,11-29)13-6-7-16(23)15(22)10-13/h3-10,12,29H,11H2,1-2H3,(H,24,25)(H2,26,27,28). The van der Waals surface area contributed by atoms with Gasteiger partial charge in [0.15, 0.2) is 0 Å². The van der Waals surface area contributed by atoms with Crippen molar-refractivity contribution in [3.63, 3.8) is 0 Å². The third-order valence-electron chi connectivity index (χ3n) is 5.05. The largest absolute Gasteiger partial charge is 0.432 e. The van der Waals surface area contributed by atoms with Gasteiger partial charge in [-0.15, -0.1) is 0 Å². The highest BCUT2D eigenvalue weighted by Crippen LogP contribution is 2.31. The normalized spacial score (nSPS) is 14.4. The van der Waals surface area contributed by atoms with Gasteiger partial charge in [-0.25, -0.2) is 14.4 Å². The number of para-hydroxylation sites is 1. The van der Waals surface area contributed by atoms with Gasteiger partial charge in [0, 0.05) is 5.56 Å². The van der Waals surface area contributed by atoms with E-state index >= 15 is 0 Å². The fourth-order valence-electron chi connectivity index (χ4n) is 3.32. The molecule has 0 spiro atoms. The molecule has 0 bridgehead atoms. The van der Waals surface area contributed by atoms with Gasteiger partial charge in [-0.1, -0.05) is 29.8 Å². The lowest BCUT2D eigenvalue weighted by Gasteiger charge is -2.29. The Morgan fingerprint density at radius 3 is 2.87 bits per heavy atom. The molecule has 9 heteroatoms. The summed E-state index contributed by atoms with van der Waals surface area (Å²) in [4.78, 5) is 12.0. The summed E-state index contributed by atoms with van der Waals surface area (Å²) in [6.45, 7) is 3.53. The molecule has 4 N–H and O–H groups in total. The number of hydrogen-bond donors (Lipinski definition) is 4. The zero-order chi connectivity index (χ0) is 21.3. The molecule has 0 aliphatic heterocycles. The van der Waals surface area contributed by atoms with E-state index in [9.17, 15) is 9.50 Å². The number of imidazole rings is 1. The first kappa shape index (κ1) is 20.2. The van der Waals surface area contributed by atoms with E-state index in [4.69, 9.17) is 16.0 Å². The van der Waals surface area contributed by atoms with Crippen LogP contribution >= 0.6 is 11.6 Å². The van der Waals surface area contributed by atoms with Crippen molar-refractivity contribution >= 4 is 34.6 Å². The van der Waals surface area contributed by atoms with Gasteiger partial charge in [0.2, 0.25) is 5.95 Å². The summed E-state index contributed by atoms with van der Waals surface area (Å²) in [7, 11) is 0. The van der Waals surface area contributed by atoms with Gasteiger partial charge in [-0.2, -0.15) is 0 Å². The Morgan fingerprint density at radius 2 is 2.17 bits per heavy atom. The molecular weight excluding hydrogens is 409 g/mol. The quantitative estimate of drug-likeness (QED) is 0.335. The number of nitrogens with zero attached hydrogens (tertiary/aromatic N) is 2. The van der Waals surface area contributed by atoms with Crippen molar-refractivity contribution in [1.82, 2.24) is 15.0 Å². The highest BCUT2D eigenvalue weighted by Gasteiger charge is 2.28. The lowest BCUT2D eigenvalue weighted by Crippen LogP contribution is -2.36. The minimum absolute atomic E-state index is 0.00713. The van der Waals surface area contributed by atoms with E-state index in [0.29, 0.717) is 17.5 Å². The maximum atomic E-state index is 13.6. The Morgan fingerprint density at radius 1 is 1.33 bits per heavy atom. The summed E-state index contributed by atoms with van der Waals surface area (Å²) in [6.07, 6.45) is 3.08. The van der Waals surface area contributed by atoms with Gasteiger partial charge in [0.05, 0.1) is 40.4 Å². The average Bonchev–Trinajstić information content (AvgIpc) is 3.38. The lowest BCUT2D eigenvalue weighted by atomic mass is 9.93. The average molecular weight is 430 g/mol. The number of benzene rings is 2. The van der Waals surface area contributed by atoms with Crippen LogP contribution in [0.5, 0.6) is 0 Å². The minimum atomic E-state index is -0.923. The van der Waals surface area contributed by atoms with E-state index in [1.165, 1.54) is 18.4 Å². The summed E-state index contributed by atoms with van der Waals surface area (Å²) in [5.41, 5.74) is 2.26. The molecule has 2 atom stereocenters. The second-order valence-electron chi connectivity index (χ2n) is 7.28. The molecule has 2 unspecified atom stereocenters. The van der Waals surface area contributed by atoms with Crippen molar-refractivity contribution in [3.8, 4) is 0 Å². The number of nitrogens with one attached hydrogen (secondary N) is 3. The number of hydrogen-bond acceptors (Lipinski definition) is 6. The molecule has 0 fully saturated rings. The number of anilines is 2. The maximum absolute atomic E-state index is 13.6. The number of halogens is 2. The first-order chi connectivity index (χ1) is 14.4. The zero-order valence-corrected chi connectivity index (χ0v) is 17.2. The molecule has 0 radical (unpaired) electrons. The fraction of sp³-hybridized carbons (Fsp3) is 0.238. The van der Waals surface area contributed by atoms with E-state index < -0.39 is 11.4 Å². The smallest absolute Gasteiger partial charge is 0.294 e. The van der Waals surface area contributed by atoms with Crippen LogP contribution in [0.25, 0.3) is 11.0 Å². The van der Waals surface area contributed by atoms with Crippen LogP contribution in [0.3, 0.4) is 0 Å². The molecule has 0 aliphatic rings. The number of aromatic amines is 1. The summed E-state index contributed by atoms with van der Waals surface area (Å²) in [5.74, 6) is -0.0422. The predicted octanol–water partition coefficient (Wildman–Crippen LogP) is 4.84.